The van der Waals surface area contributed by atoms with Crippen LogP contribution in [0.1, 0.15) is 5.56 Å². The second kappa shape index (κ2) is 5.60. The summed E-state index contributed by atoms with van der Waals surface area (Å²) in [5.74, 6) is 0.610. The van der Waals surface area contributed by atoms with Crippen molar-refractivity contribution in [2.24, 2.45) is 0 Å². The van der Waals surface area contributed by atoms with Crippen LogP contribution in [0.2, 0.25) is 0 Å². The first-order valence-corrected chi connectivity index (χ1v) is 5.79. The van der Waals surface area contributed by atoms with Crippen molar-refractivity contribution in [3.05, 3.63) is 54.0 Å². The number of hydrogen-bond donors (Lipinski definition) is 1. The van der Waals surface area contributed by atoms with E-state index in [4.69, 9.17) is 0 Å². The molecule has 0 radical (unpaired) electrons. The molecular weight excluding hydrogens is 229 g/mol. The Morgan fingerprint density at radius 1 is 1.22 bits per heavy atom. The lowest BCUT2D eigenvalue weighted by molar-refractivity contribution is 0.628. The molecule has 2 aromatic rings. The topological polar surface area (TPSA) is 28.2 Å². The Bertz CT molecular complexity index is 511. The van der Waals surface area contributed by atoms with Crippen LogP contribution in [0.25, 0.3) is 0 Å². The molecule has 18 heavy (non-hydrogen) atoms. The number of hydrogen-bond acceptors (Lipinski definition) is 3. The van der Waals surface area contributed by atoms with Gasteiger partial charge in [-0.05, 0) is 49.0 Å². The van der Waals surface area contributed by atoms with Crippen LogP contribution in [0.15, 0.2) is 42.6 Å². The van der Waals surface area contributed by atoms with Crippen LogP contribution in [-0.4, -0.2) is 19.1 Å². The molecule has 0 saturated heterocycles. The number of nitrogens with one attached hydrogen (secondary N) is 1. The maximum atomic E-state index is 12.9. The summed E-state index contributed by atoms with van der Waals surface area (Å²) in [6.45, 7) is 0.798. The molecule has 0 bridgehead atoms. The average Bonchev–Trinajstić information content (AvgIpc) is 2.39. The normalized spacial score (nSPS) is 10.4. The van der Waals surface area contributed by atoms with Crippen LogP contribution in [0.4, 0.5) is 15.9 Å². The third-order valence-electron chi connectivity index (χ3n) is 2.75. The van der Waals surface area contributed by atoms with Gasteiger partial charge in [0.25, 0.3) is 0 Å². The van der Waals surface area contributed by atoms with Gasteiger partial charge in [0.15, 0.2) is 0 Å². The summed E-state index contributed by atoms with van der Waals surface area (Å²) in [6, 6.07) is 10.4. The second-order valence-electron chi connectivity index (χ2n) is 4.09. The van der Waals surface area contributed by atoms with E-state index >= 15 is 0 Å². The number of rotatable bonds is 4. The van der Waals surface area contributed by atoms with Crippen molar-refractivity contribution in [3.8, 4) is 0 Å². The van der Waals surface area contributed by atoms with Crippen LogP contribution in [-0.2, 0) is 6.54 Å². The smallest absolute Gasteiger partial charge is 0.132 e. The molecule has 4 heteroatoms. The minimum absolute atomic E-state index is 0.232. The fourth-order valence-electron chi connectivity index (χ4n) is 1.76. The van der Waals surface area contributed by atoms with Gasteiger partial charge in [-0.1, -0.05) is 0 Å². The van der Waals surface area contributed by atoms with E-state index in [1.54, 1.807) is 18.3 Å². The minimum Gasteiger partial charge on any atom is -0.329 e. The average molecular weight is 245 g/mol. The molecule has 1 heterocycles. The van der Waals surface area contributed by atoms with Crippen LogP contribution >= 0.6 is 0 Å². The van der Waals surface area contributed by atoms with Gasteiger partial charge in [0, 0.05) is 25.5 Å². The van der Waals surface area contributed by atoms with Crippen LogP contribution in [0, 0.1) is 5.82 Å². The van der Waals surface area contributed by atoms with Crippen molar-refractivity contribution in [1.82, 2.24) is 10.3 Å². The molecule has 0 atom stereocenters. The predicted octanol–water partition coefficient (Wildman–Crippen LogP) is 2.71. The van der Waals surface area contributed by atoms with E-state index in [2.05, 4.69) is 10.3 Å². The Labute approximate surface area is 106 Å². The zero-order valence-corrected chi connectivity index (χ0v) is 10.5. The van der Waals surface area contributed by atoms with Gasteiger partial charge in [0.1, 0.15) is 11.6 Å². The third kappa shape index (κ3) is 2.84. The molecule has 0 aliphatic rings. The molecule has 0 saturated carbocycles. The first-order valence-electron chi connectivity index (χ1n) is 5.79. The molecule has 0 amide bonds. The molecule has 3 nitrogen and oxygen atoms in total. The number of halogens is 1. The largest absolute Gasteiger partial charge is 0.329 e. The summed E-state index contributed by atoms with van der Waals surface area (Å²) in [5, 5.41) is 3.10. The highest BCUT2D eigenvalue weighted by atomic mass is 19.1. The number of aromatic nitrogens is 1. The summed E-state index contributed by atoms with van der Waals surface area (Å²) >= 11 is 0. The quantitative estimate of drug-likeness (QED) is 0.897. The molecule has 0 aliphatic heterocycles. The van der Waals surface area contributed by atoms with Gasteiger partial charge >= 0.3 is 0 Å². The van der Waals surface area contributed by atoms with Gasteiger partial charge < -0.3 is 10.2 Å². The lowest BCUT2D eigenvalue weighted by Gasteiger charge is -2.18. The summed E-state index contributed by atoms with van der Waals surface area (Å²) in [7, 11) is 3.82. The highest BCUT2D eigenvalue weighted by Crippen LogP contribution is 2.22. The summed E-state index contributed by atoms with van der Waals surface area (Å²) in [6.07, 6.45) is 1.78. The van der Waals surface area contributed by atoms with E-state index in [9.17, 15) is 4.39 Å². The van der Waals surface area contributed by atoms with E-state index in [1.807, 2.05) is 31.1 Å². The summed E-state index contributed by atoms with van der Waals surface area (Å²) in [4.78, 5) is 6.25. The van der Waals surface area contributed by atoms with Crippen molar-refractivity contribution in [2.75, 3.05) is 19.0 Å². The van der Waals surface area contributed by atoms with E-state index in [1.165, 1.54) is 12.1 Å². The first-order chi connectivity index (χ1) is 8.70. The Hall–Kier alpha value is -1.94. The lowest BCUT2D eigenvalue weighted by atomic mass is 10.2. The number of nitrogens with zero attached hydrogens (tertiary/aromatic N) is 2. The van der Waals surface area contributed by atoms with Crippen LogP contribution in [0.3, 0.4) is 0 Å². The van der Waals surface area contributed by atoms with Gasteiger partial charge in [-0.25, -0.2) is 9.37 Å². The maximum Gasteiger partial charge on any atom is 0.132 e. The van der Waals surface area contributed by atoms with Gasteiger partial charge in [-0.2, -0.15) is 0 Å². The van der Waals surface area contributed by atoms with Crippen LogP contribution < -0.4 is 10.2 Å². The summed E-state index contributed by atoms with van der Waals surface area (Å²) < 4.78 is 12.9. The molecule has 2 rings (SSSR count). The molecule has 1 N–H and O–H groups in total. The second-order valence-corrected chi connectivity index (χ2v) is 4.09. The SMILES string of the molecule is CNCc1ccnc(N(C)c2ccc(F)cc2)c1. The van der Waals surface area contributed by atoms with Crippen molar-refractivity contribution in [3.63, 3.8) is 0 Å². The number of pyridine rings is 1. The predicted molar refractivity (Wildman–Crippen MR) is 71.5 cm³/mol. The first kappa shape index (κ1) is 12.5. The van der Waals surface area contributed by atoms with E-state index in [0.717, 1.165) is 23.6 Å². The molecule has 0 spiro atoms. The highest BCUT2D eigenvalue weighted by molar-refractivity contribution is 5.59. The van der Waals surface area contributed by atoms with Crippen molar-refractivity contribution < 1.29 is 4.39 Å². The Morgan fingerprint density at radius 2 is 1.94 bits per heavy atom. The number of benzene rings is 1. The monoisotopic (exact) mass is 245 g/mol. The Morgan fingerprint density at radius 3 is 2.61 bits per heavy atom. The lowest BCUT2D eigenvalue weighted by Crippen LogP contribution is -2.12. The van der Waals surface area contributed by atoms with Gasteiger partial charge in [-0.3, -0.25) is 0 Å². The standard InChI is InChI=1S/C14H16FN3/c1-16-10-11-7-8-17-14(9-11)18(2)13-5-3-12(15)4-6-13/h3-9,16H,10H2,1-2H3. The van der Waals surface area contributed by atoms with E-state index < -0.39 is 0 Å². The molecule has 94 valence electrons. The van der Waals surface area contributed by atoms with Crippen molar-refractivity contribution in [2.45, 2.75) is 6.54 Å². The molecule has 1 aromatic carbocycles. The highest BCUT2D eigenvalue weighted by Gasteiger charge is 2.06. The fourth-order valence-corrected chi connectivity index (χ4v) is 1.76. The van der Waals surface area contributed by atoms with E-state index in [0.29, 0.717) is 0 Å². The molecular formula is C14H16FN3. The fraction of sp³-hybridized carbons (Fsp3) is 0.214. The number of anilines is 2. The molecule has 0 unspecified atom stereocenters. The zero-order chi connectivity index (χ0) is 13.0. The Balaban J connectivity index is 2.24. The van der Waals surface area contributed by atoms with Gasteiger partial charge in [0.05, 0.1) is 0 Å². The Kier molecular flexibility index (Phi) is 3.89. The van der Waals surface area contributed by atoms with Gasteiger partial charge in [0.2, 0.25) is 0 Å². The molecule has 0 fully saturated rings. The van der Waals surface area contributed by atoms with E-state index in [-0.39, 0.29) is 5.82 Å². The molecule has 1 aromatic heterocycles. The van der Waals surface area contributed by atoms with Crippen molar-refractivity contribution in [1.29, 1.82) is 0 Å². The van der Waals surface area contributed by atoms with Crippen molar-refractivity contribution >= 4 is 11.5 Å². The molecule has 0 aliphatic carbocycles. The minimum atomic E-state index is -0.232. The van der Waals surface area contributed by atoms with Gasteiger partial charge in [-0.15, -0.1) is 0 Å². The third-order valence-corrected chi connectivity index (χ3v) is 2.75. The maximum absolute atomic E-state index is 12.9. The van der Waals surface area contributed by atoms with Crippen LogP contribution in [0.5, 0.6) is 0 Å². The summed E-state index contributed by atoms with van der Waals surface area (Å²) in [5.41, 5.74) is 2.07. The zero-order valence-electron chi connectivity index (χ0n) is 10.5.